The maximum atomic E-state index is 14.2. The average Bonchev–Trinajstić information content (AvgIpc) is 2.83. The zero-order valence-corrected chi connectivity index (χ0v) is 24.0. The standard InChI is InChI=1S/C30H41N3O4S/c1-21-11-9-14-23(19-21)26(27(34)31-20-22-12-7-6-8-13-22)33(24-15-10-16-24)28(35)25(17-18-38-5)32-29(36)37-30(2,3)4/h6-9,11-14,19,24-26H,10,15-18,20H2,1-5H3,(H,31,34)(H,32,36). The number of nitrogens with zero attached hydrogens (tertiary/aromatic N) is 1. The number of nitrogens with one attached hydrogen (secondary N) is 2. The van der Waals surface area contributed by atoms with E-state index in [0.29, 0.717) is 18.7 Å². The van der Waals surface area contributed by atoms with E-state index in [9.17, 15) is 14.4 Å². The normalized spacial score (nSPS) is 15.1. The van der Waals surface area contributed by atoms with Gasteiger partial charge in [-0.15, -0.1) is 0 Å². The number of carbonyl (C=O) groups excluding carboxylic acids is 3. The minimum absolute atomic E-state index is 0.0762. The number of benzene rings is 2. The summed E-state index contributed by atoms with van der Waals surface area (Å²) in [6, 6.07) is 15.8. The summed E-state index contributed by atoms with van der Waals surface area (Å²) in [7, 11) is 0. The van der Waals surface area contributed by atoms with Gasteiger partial charge in [-0.25, -0.2) is 4.79 Å². The summed E-state index contributed by atoms with van der Waals surface area (Å²) < 4.78 is 5.47. The lowest BCUT2D eigenvalue weighted by Crippen LogP contribution is -2.57. The van der Waals surface area contributed by atoms with Crippen LogP contribution in [0, 0.1) is 6.92 Å². The van der Waals surface area contributed by atoms with E-state index in [1.165, 1.54) is 0 Å². The molecule has 0 radical (unpaired) electrons. The van der Waals surface area contributed by atoms with E-state index in [2.05, 4.69) is 10.6 Å². The molecule has 0 bridgehead atoms. The van der Waals surface area contributed by atoms with Crippen LogP contribution in [0.1, 0.15) is 69.2 Å². The van der Waals surface area contributed by atoms with Crippen LogP contribution in [0.25, 0.3) is 0 Å². The van der Waals surface area contributed by atoms with Gasteiger partial charge in [0.05, 0.1) is 0 Å². The Balaban J connectivity index is 1.94. The molecule has 0 aromatic heterocycles. The lowest BCUT2D eigenvalue weighted by atomic mass is 9.87. The topological polar surface area (TPSA) is 87.7 Å². The first-order chi connectivity index (χ1) is 18.1. The molecule has 2 unspecified atom stereocenters. The van der Waals surface area contributed by atoms with Crippen LogP contribution in [0.2, 0.25) is 0 Å². The average molecular weight is 540 g/mol. The maximum absolute atomic E-state index is 14.2. The van der Waals surface area contributed by atoms with Gasteiger partial charge in [-0.2, -0.15) is 11.8 Å². The van der Waals surface area contributed by atoms with Gasteiger partial charge in [0.2, 0.25) is 11.8 Å². The van der Waals surface area contributed by atoms with Gasteiger partial charge in [-0.3, -0.25) is 9.59 Å². The Morgan fingerprint density at radius 2 is 1.79 bits per heavy atom. The van der Waals surface area contributed by atoms with Gasteiger partial charge >= 0.3 is 6.09 Å². The molecule has 1 saturated carbocycles. The van der Waals surface area contributed by atoms with E-state index in [4.69, 9.17) is 4.74 Å². The molecule has 0 saturated heterocycles. The van der Waals surface area contributed by atoms with Gasteiger partial charge in [-0.05, 0) is 76.5 Å². The van der Waals surface area contributed by atoms with E-state index in [1.54, 1.807) is 37.4 Å². The lowest BCUT2D eigenvalue weighted by molar-refractivity contribution is -0.147. The fraction of sp³-hybridized carbons (Fsp3) is 0.500. The quantitative estimate of drug-likeness (QED) is 0.400. The molecule has 2 aromatic rings. The number of ether oxygens (including phenoxy) is 1. The summed E-state index contributed by atoms with van der Waals surface area (Å²) in [5.74, 6) is 0.191. The minimum Gasteiger partial charge on any atom is -0.444 e. The van der Waals surface area contributed by atoms with Crippen molar-refractivity contribution in [3.05, 3.63) is 71.3 Å². The Bertz CT molecular complexity index is 1080. The number of aryl methyl sites for hydroxylation is 1. The van der Waals surface area contributed by atoms with Crippen LogP contribution in [-0.4, -0.2) is 52.5 Å². The third-order valence-electron chi connectivity index (χ3n) is 6.52. The summed E-state index contributed by atoms with van der Waals surface area (Å²) in [6.07, 6.45) is 4.41. The molecule has 0 heterocycles. The van der Waals surface area contributed by atoms with E-state index < -0.39 is 23.8 Å². The van der Waals surface area contributed by atoms with E-state index in [-0.39, 0.29) is 17.9 Å². The molecule has 3 rings (SSSR count). The van der Waals surface area contributed by atoms with Gasteiger partial charge in [0.15, 0.2) is 0 Å². The molecule has 2 N–H and O–H groups in total. The Kier molecular flexibility index (Phi) is 10.6. The first kappa shape index (κ1) is 29.6. The molecule has 2 aromatic carbocycles. The molecule has 2 atom stereocenters. The molecule has 0 aliphatic heterocycles. The molecule has 1 fully saturated rings. The molecule has 8 heteroatoms. The number of alkyl carbamates (subject to hydrolysis) is 1. The van der Waals surface area contributed by atoms with Crippen LogP contribution < -0.4 is 10.6 Å². The lowest BCUT2D eigenvalue weighted by Gasteiger charge is -2.43. The Labute approximate surface area is 231 Å². The van der Waals surface area contributed by atoms with Crippen molar-refractivity contribution in [1.29, 1.82) is 0 Å². The van der Waals surface area contributed by atoms with Crippen molar-refractivity contribution >= 4 is 29.7 Å². The van der Waals surface area contributed by atoms with Crippen molar-refractivity contribution in [3.8, 4) is 0 Å². The highest BCUT2D eigenvalue weighted by atomic mass is 32.2. The molecule has 3 amide bonds. The van der Waals surface area contributed by atoms with Crippen LogP contribution in [0.3, 0.4) is 0 Å². The second-order valence-corrected chi connectivity index (χ2v) is 11.8. The molecule has 206 valence electrons. The summed E-state index contributed by atoms with van der Waals surface area (Å²) in [5.41, 5.74) is 2.06. The smallest absolute Gasteiger partial charge is 0.408 e. The van der Waals surface area contributed by atoms with Crippen LogP contribution in [0.4, 0.5) is 4.79 Å². The van der Waals surface area contributed by atoms with Gasteiger partial charge in [0.1, 0.15) is 17.7 Å². The highest BCUT2D eigenvalue weighted by Gasteiger charge is 2.41. The molecular formula is C30H41N3O4S. The third kappa shape index (κ3) is 8.51. The second kappa shape index (κ2) is 13.7. The van der Waals surface area contributed by atoms with Crippen molar-refractivity contribution in [3.63, 3.8) is 0 Å². The van der Waals surface area contributed by atoms with Gasteiger partial charge in [-0.1, -0.05) is 60.2 Å². The van der Waals surface area contributed by atoms with Gasteiger partial charge in [0.25, 0.3) is 0 Å². The largest absolute Gasteiger partial charge is 0.444 e. The van der Waals surface area contributed by atoms with Gasteiger partial charge < -0.3 is 20.3 Å². The van der Waals surface area contributed by atoms with Crippen molar-refractivity contribution in [2.45, 2.75) is 83.6 Å². The van der Waals surface area contributed by atoms with Crippen LogP contribution in [-0.2, 0) is 20.9 Å². The summed E-state index contributed by atoms with van der Waals surface area (Å²) in [5, 5.41) is 5.87. The zero-order chi connectivity index (χ0) is 27.7. The van der Waals surface area contributed by atoms with Crippen molar-refractivity contribution in [2.24, 2.45) is 0 Å². The van der Waals surface area contributed by atoms with Crippen molar-refractivity contribution in [2.75, 3.05) is 12.0 Å². The minimum atomic E-state index is -0.811. The number of hydrogen-bond acceptors (Lipinski definition) is 5. The van der Waals surface area contributed by atoms with E-state index in [0.717, 1.165) is 36.0 Å². The van der Waals surface area contributed by atoms with E-state index in [1.807, 2.05) is 67.8 Å². The molecule has 0 spiro atoms. The fourth-order valence-corrected chi connectivity index (χ4v) is 4.94. The summed E-state index contributed by atoms with van der Waals surface area (Å²) >= 11 is 1.60. The number of carbonyl (C=O) groups is 3. The number of rotatable bonds is 11. The van der Waals surface area contributed by atoms with Crippen LogP contribution in [0.15, 0.2) is 54.6 Å². The SMILES string of the molecule is CSCCC(NC(=O)OC(C)(C)C)C(=O)N(C1CCC1)C(C(=O)NCc1ccccc1)c1cccc(C)c1. The third-order valence-corrected chi connectivity index (χ3v) is 7.16. The van der Waals surface area contributed by atoms with Crippen LogP contribution >= 0.6 is 11.8 Å². The number of amides is 3. The van der Waals surface area contributed by atoms with Crippen LogP contribution in [0.5, 0.6) is 0 Å². The molecule has 38 heavy (non-hydrogen) atoms. The highest BCUT2D eigenvalue weighted by Crippen LogP contribution is 2.34. The van der Waals surface area contributed by atoms with E-state index >= 15 is 0 Å². The monoisotopic (exact) mass is 539 g/mol. The fourth-order valence-electron chi connectivity index (χ4n) is 4.47. The predicted molar refractivity (Wildman–Crippen MR) is 153 cm³/mol. The van der Waals surface area contributed by atoms with Gasteiger partial charge in [0, 0.05) is 12.6 Å². The van der Waals surface area contributed by atoms with Crippen molar-refractivity contribution in [1.82, 2.24) is 15.5 Å². The first-order valence-electron chi connectivity index (χ1n) is 13.3. The first-order valence-corrected chi connectivity index (χ1v) is 14.7. The Morgan fingerprint density at radius 3 is 2.37 bits per heavy atom. The Hall–Kier alpha value is -3.00. The summed E-state index contributed by atoms with van der Waals surface area (Å²) in [6.45, 7) is 7.70. The van der Waals surface area contributed by atoms with Crippen molar-refractivity contribution < 1.29 is 19.1 Å². The molecule has 1 aliphatic rings. The second-order valence-electron chi connectivity index (χ2n) is 10.8. The zero-order valence-electron chi connectivity index (χ0n) is 23.2. The predicted octanol–water partition coefficient (Wildman–Crippen LogP) is 5.38. The molecule has 1 aliphatic carbocycles. The maximum Gasteiger partial charge on any atom is 0.408 e. The highest BCUT2D eigenvalue weighted by molar-refractivity contribution is 7.98. The number of thioether (sulfide) groups is 1. The Morgan fingerprint density at radius 1 is 1.08 bits per heavy atom. The summed E-state index contributed by atoms with van der Waals surface area (Å²) in [4.78, 5) is 42.5. The molecule has 7 nitrogen and oxygen atoms in total. The molecular weight excluding hydrogens is 498 g/mol. The number of hydrogen-bond donors (Lipinski definition) is 2.